The van der Waals surface area contributed by atoms with Crippen LogP contribution < -0.4 is 5.32 Å². The first-order chi connectivity index (χ1) is 8.42. The zero-order valence-electron chi connectivity index (χ0n) is 9.49. The molecule has 92 valence electrons. The summed E-state index contributed by atoms with van der Waals surface area (Å²) in [5, 5.41) is 4.28. The smallest absolute Gasteiger partial charge is 0.139 e. The lowest BCUT2D eigenvalue weighted by Crippen LogP contribution is -2.07. The summed E-state index contributed by atoms with van der Waals surface area (Å²) in [6, 6.07) is 3.76. The highest BCUT2D eigenvalue weighted by atomic mass is 35.5. The van der Waals surface area contributed by atoms with E-state index in [2.05, 4.69) is 10.3 Å². The van der Waals surface area contributed by atoms with Crippen molar-refractivity contribution in [3.05, 3.63) is 24.6 Å². The molecule has 0 aliphatic rings. The fraction of sp³-hybridized carbons (Fsp3) is 0.417. The maximum atomic E-state index is 5.50. The highest BCUT2D eigenvalue weighted by Crippen LogP contribution is 2.21. The van der Waals surface area contributed by atoms with Crippen LogP contribution in [0.1, 0.15) is 6.42 Å². The molecule has 0 aliphatic heterocycles. The Morgan fingerprint density at radius 1 is 1.35 bits per heavy atom. The number of pyridine rings is 1. The Hall–Kier alpha value is -1.26. The number of alkyl halides is 1. The van der Waals surface area contributed by atoms with E-state index in [-0.39, 0.29) is 0 Å². The Kier molecular flexibility index (Phi) is 4.64. The van der Waals surface area contributed by atoms with Gasteiger partial charge in [0.05, 0.1) is 18.3 Å². The van der Waals surface area contributed by atoms with E-state index in [1.807, 2.05) is 12.1 Å². The Morgan fingerprint density at radius 2 is 2.29 bits per heavy atom. The first-order valence-corrected chi connectivity index (χ1v) is 6.15. The standard InChI is InChI=1S/C12H15ClN2O2/c13-4-9-16-7-1-5-14-12-10-3-8-17-11(10)2-6-15-12/h2-3,6,8H,1,4-5,7,9H2,(H,14,15). The molecule has 4 nitrogen and oxygen atoms in total. The number of nitrogens with one attached hydrogen (secondary N) is 1. The normalized spacial score (nSPS) is 10.9. The number of anilines is 1. The van der Waals surface area contributed by atoms with E-state index < -0.39 is 0 Å². The Bertz CT molecular complexity index is 458. The Balaban J connectivity index is 1.80. The molecule has 2 aromatic heterocycles. The largest absolute Gasteiger partial charge is 0.464 e. The van der Waals surface area contributed by atoms with Gasteiger partial charge in [0.1, 0.15) is 11.4 Å². The van der Waals surface area contributed by atoms with Gasteiger partial charge in [-0.05, 0) is 18.6 Å². The summed E-state index contributed by atoms with van der Waals surface area (Å²) in [4.78, 5) is 4.28. The zero-order valence-corrected chi connectivity index (χ0v) is 10.2. The molecule has 2 heterocycles. The molecule has 0 bridgehead atoms. The van der Waals surface area contributed by atoms with Crippen molar-refractivity contribution < 1.29 is 9.15 Å². The maximum absolute atomic E-state index is 5.50. The summed E-state index contributed by atoms with van der Waals surface area (Å²) in [5.41, 5.74) is 0.848. The van der Waals surface area contributed by atoms with Crippen LogP contribution in [0.5, 0.6) is 0 Å². The van der Waals surface area contributed by atoms with Gasteiger partial charge < -0.3 is 14.5 Å². The van der Waals surface area contributed by atoms with Crippen LogP contribution in [-0.4, -0.2) is 30.6 Å². The van der Waals surface area contributed by atoms with Gasteiger partial charge in [-0.25, -0.2) is 4.98 Å². The number of rotatable bonds is 7. The molecule has 0 aromatic carbocycles. The first kappa shape index (κ1) is 12.2. The predicted molar refractivity (Wildman–Crippen MR) is 68.7 cm³/mol. The van der Waals surface area contributed by atoms with Crippen molar-refractivity contribution in [1.82, 2.24) is 4.98 Å². The first-order valence-electron chi connectivity index (χ1n) is 5.61. The van der Waals surface area contributed by atoms with Crippen LogP contribution in [0.2, 0.25) is 0 Å². The van der Waals surface area contributed by atoms with Crippen LogP contribution in [0, 0.1) is 0 Å². The molecule has 2 aromatic rings. The van der Waals surface area contributed by atoms with Gasteiger partial charge in [0.15, 0.2) is 0 Å². The van der Waals surface area contributed by atoms with Gasteiger partial charge in [-0.2, -0.15) is 0 Å². The SMILES string of the molecule is ClCCOCCCNc1nccc2occc12. The van der Waals surface area contributed by atoms with Crippen LogP contribution in [0.4, 0.5) is 5.82 Å². The van der Waals surface area contributed by atoms with Gasteiger partial charge >= 0.3 is 0 Å². The third-order valence-corrected chi connectivity index (χ3v) is 2.51. The summed E-state index contributed by atoms with van der Waals surface area (Å²) in [6.45, 7) is 2.14. The highest BCUT2D eigenvalue weighted by Gasteiger charge is 2.03. The second-order valence-electron chi connectivity index (χ2n) is 3.57. The van der Waals surface area contributed by atoms with Crippen molar-refractivity contribution in [2.45, 2.75) is 6.42 Å². The molecule has 0 saturated carbocycles. The number of aromatic nitrogens is 1. The topological polar surface area (TPSA) is 47.3 Å². The molecule has 0 amide bonds. The van der Waals surface area contributed by atoms with E-state index in [4.69, 9.17) is 20.8 Å². The number of halogens is 1. The van der Waals surface area contributed by atoms with E-state index in [1.165, 1.54) is 0 Å². The van der Waals surface area contributed by atoms with Crippen molar-refractivity contribution in [1.29, 1.82) is 0 Å². The second kappa shape index (κ2) is 6.47. The fourth-order valence-electron chi connectivity index (χ4n) is 1.57. The molecule has 0 atom stereocenters. The van der Waals surface area contributed by atoms with E-state index >= 15 is 0 Å². The summed E-state index contributed by atoms with van der Waals surface area (Å²) in [6.07, 6.45) is 4.33. The zero-order chi connectivity index (χ0) is 11.9. The van der Waals surface area contributed by atoms with Crippen molar-refractivity contribution in [2.24, 2.45) is 0 Å². The molecule has 5 heteroatoms. The Labute approximate surface area is 105 Å². The van der Waals surface area contributed by atoms with Crippen LogP contribution in [0.25, 0.3) is 11.0 Å². The lowest BCUT2D eigenvalue weighted by atomic mass is 10.3. The van der Waals surface area contributed by atoms with Crippen molar-refractivity contribution in [3.8, 4) is 0 Å². The average molecular weight is 255 g/mol. The number of fused-ring (bicyclic) bond motifs is 1. The van der Waals surface area contributed by atoms with Gasteiger partial charge in [-0.15, -0.1) is 11.6 Å². The van der Waals surface area contributed by atoms with Gasteiger partial charge in [0.25, 0.3) is 0 Å². The number of hydrogen-bond donors (Lipinski definition) is 1. The van der Waals surface area contributed by atoms with Crippen molar-refractivity contribution in [3.63, 3.8) is 0 Å². The minimum atomic E-state index is 0.545. The minimum Gasteiger partial charge on any atom is -0.464 e. The fourth-order valence-corrected chi connectivity index (χ4v) is 1.68. The van der Waals surface area contributed by atoms with E-state index in [1.54, 1.807) is 12.5 Å². The number of furan rings is 1. The number of nitrogens with zero attached hydrogens (tertiary/aromatic N) is 1. The second-order valence-corrected chi connectivity index (χ2v) is 3.95. The van der Waals surface area contributed by atoms with Crippen molar-refractivity contribution in [2.75, 3.05) is 31.0 Å². The van der Waals surface area contributed by atoms with Gasteiger partial charge in [0.2, 0.25) is 0 Å². The summed E-state index contributed by atoms with van der Waals surface area (Å²) in [7, 11) is 0. The molecular formula is C12H15ClN2O2. The van der Waals surface area contributed by atoms with Gasteiger partial charge in [0, 0.05) is 25.2 Å². The lowest BCUT2D eigenvalue weighted by molar-refractivity contribution is 0.149. The van der Waals surface area contributed by atoms with Gasteiger partial charge in [-0.3, -0.25) is 0 Å². The molecule has 0 unspecified atom stereocenters. The quantitative estimate of drug-likeness (QED) is 0.610. The molecule has 2 rings (SSSR count). The summed E-state index contributed by atoms with van der Waals surface area (Å²) < 4.78 is 10.6. The molecule has 0 spiro atoms. The van der Waals surface area contributed by atoms with Crippen LogP contribution >= 0.6 is 11.6 Å². The molecular weight excluding hydrogens is 240 g/mol. The van der Waals surface area contributed by atoms with Crippen LogP contribution in [0.15, 0.2) is 29.0 Å². The van der Waals surface area contributed by atoms with Crippen LogP contribution in [0.3, 0.4) is 0 Å². The number of ether oxygens (including phenoxy) is 1. The maximum Gasteiger partial charge on any atom is 0.139 e. The average Bonchev–Trinajstić information content (AvgIpc) is 2.82. The predicted octanol–water partition coefficient (Wildman–Crippen LogP) is 2.89. The third kappa shape index (κ3) is 3.35. The molecule has 0 saturated heterocycles. The number of hydrogen-bond acceptors (Lipinski definition) is 4. The highest BCUT2D eigenvalue weighted by molar-refractivity contribution is 6.17. The minimum absolute atomic E-state index is 0.545. The molecule has 0 aliphatic carbocycles. The Morgan fingerprint density at radius 3 is 3.18 bits per heavy atom. The van der Waals surface area contributed by atoms with Crippen molar-refractivity contribution >= 4 is 28.4 Å². The third-order valence-electron chi connectivity index (χ3n) is 2.36. The van der Waals surface area contributed by atoms with Gasteiger partial charge in [-0.1, -0.05) is 0 Å². The van der Waals surface area contributed by atoms with Crippen LogP contribution in [-0.2, 0) is 4.74 Å². The molecule has 0 fully saturated rings. The molecule has 1 N–H and O–H groups in total. The molecule has 17 heavy (non-hydrogen) atoms. The van der Waals surface area contributed by atoms with E-state index in [9.17, 15) is 0 Å². The van der Waals surface area contributed by atoms with E-state index in [0.29, 0.717) is 19.1 Å². The monoisotopic (exact) mass is 254 g/mol. The van der Waals surface area contributed by atoms with E-state index in [0.717, 1.165) is 29.8 Å². The summed E-state index contributed by atoms with van der Waals surface area (Å²) >= 11 is 5.50. The summed E-state index contributed by atoms with van der Waals surface area (Å²) in [5.74, 6) is 1.40. The molecule has 0 radical (unpaired) electrons. The lowest BCUT2D eigenvalue weighted by Gasteiger charge is -2.06.